The average Bonchev–Trinajstić information content (AvgIpc) is 2.74. The van der Waals surface area contributed by atoms with E-state index in [1.54, 1.807) is 0 Å². The number of piperidine rings is 1. The highest BCUT2D eigenvalue weighted by Crippen LogP contribution is 2.25. The van der Waals surface area contributed by atoms with Crippen LogP contribution in [0.15, 0.2) is 0 Å². The van der Waals surface area contributed by atoms with E-state index in [2.05, 4.69) is 24.1 Å². The maximum atomic E-state index is 12.2. The van der Waals surface area contributed by atoms with Crippen LogP contribution >= 0.6 is 12.4 Å². The summed E-state index contributed by atoms with van der Waals surface area (Å²) in [7, 11) is 0. The van der Waals surface area contributed by atoms with Crippen molar-refractivity contribution in [1.82, 2.24) is 10.2 Å². The molecule has 0 spiro atoms. The van der Waals surface area contributed by atoms with Crippen LogP contribution in [0, 0.1) is 11.8 Å². The first-order valence-corrected chi connectivity index (χ1v) is 6.21. The highest BCUT2D eigenvalue weighted by atomic mass is 35.5. The number of carbonyl (C=O) groups excluding carboxylic acids is 1. The van der Waals surface area contributed by atoms with Gasteiger partial charge in [0.25, 0.3) is 0 Å². The number of rotatable bonds is 1. The van der Waals surface area contributed by atoms with E-state index >= 15 is 0 Å². The largest absolute Gasteiger partial charge is 0.339 e. The van der Waals surface area contributed by atoms with Gasteiger partial charge >= 0.3 is 0 Å². The van der Waals surface area contributed by atoms with E-state index in [0.717, 1.165) is 26.1 Å². The Balaban J connectivity index is 0.00000128. The molecule has 0 saturated carbocycles. The highest BCUT2D eigenvalue weighted by Gasteiger charge is 2.33. The molecule has 0 bridgehead atoms. The number of hydrogen-bond donors (Lipinski definition) is 1. The number of amides is 1. The van der Waals surface area contributed by atoms with E-state index in [9.17, 15) is 4.79 Å². The number of carbonyl (C=O) groups is 1. The summed E-state index contributed by atoms with van der Waals surface area (Å²) in [4.78, 5) is 14.4. The van der Waals surface area contributed by atoms with Crippen LogP contribution in [0.2, 0.25) is 0 Å². The lowest BCUT2D eigenvalue weighted by atomic mass is 9.91. The number of halogens is 1. The first-order chi connectivity index (χ1) is 7.20. The minimum Gasteiger partial charge on any atom is -0.339 e. The zero-order valence-corrected chi connectivity index (χ0v) is 11.1. The maximum Gasteiger partial charge on any atom is 0.227 e. The second kappa shape index (κ2) is 5.87. The number of hydrogen-bond acceptors (Lipinski definition) is 2. The molecule has 2 heterocycles. The first kappa shape index (κ1) is 13.8. The van der Waals surface area contributed by atoms with Gasteiger partial charge in [0.1, 0.15) is 0 Å². The van der Waals surface area contributed by atoms with Gasteiger partial charge in [-0.15, -0.1) is 12.4 Å². The van der Waals surface area contributed by atoms with Gasteiger partial charge in [-0.1, -0.05) is 6.92 Å². The summed E-state index contributed by atoms with van der Waals surface area (Å²) in [5.41, 5.74) is 0. The monoisotopic (exact) mass is 246 g/mol. The summed E-state index contributed by atoms with van der Waals surface area (Å²) in [6.45, 7) is 7.33. The van der Waals surface area contributed by atoms with Crippen LogP contribution in [0.4, 0.5) is 0 Å². The van der Waals surface area contributed by atoms with Gasteiger partial charge in [-0.05, 0) is 38.6 Å². The first-order valence-electron chi connectivity index (χ1n) is 6.21. The third-order valence-corrected chi connectivity index (χ3v) is 4.07. The van der Waals surface area contributed by atoms with Crippen LogP contribution in [-0.2, 0) is 4.79 Å². The van der Waals surface area contributed by atoms with Crippen LogP contribution in [0.25, 0.3) is 0 Å². The smallest absolute Gasteiger partial charge is 0.227 e. The minimum atomic E-state index is 0. The molecule has 4 heteroatoms. The van der Waals surface area contributed by atoms with Gasteiger partial charge in [0, 0.05) is 19.1 Å². The molecule has 3 atom stereocenters. The molecule has 94 valence electrons. The summed E-state index contributed by atoms with van der Waals surface area (Å²) >= 11 is 0. The predicted molar refractivity (Wildman–Crippen MR) is 67.8 cm³/mol. The molecule has 1 N–H and O–H groups in total. The van der Waals surface area contributed by atoms with Gasteiger partial charge in [-0.2, -0.15) is 0 Å². The van der Waals surface area contributed by atoms with Crippen LogP contribution in [-0.4, -0.2) is 36.5 Å². The van der Waals surface area contributed by atoms with Crippen molar-refractivity contribution in [2.75, 3.05) is 19.6 Å². The molecule has 0 aliphatic carbocycles. The van der Waals surface area contributed by atoms with Crippen LogP contribution < -0.4 is 5.32 Å². The lowest BCUT2D eigenvalue weighted by Gasteiger charge is -2.39. The molecule has 2 unspecified atom stereocenters. The lowest BCUT2D eigenvalue weighted by molar-refractivity contribution is -0.139. The Morgan fingerprint density at radius 3 is 2.69 bits per heavy atom. The Kier molecular flexibility index (Phi) is 5.06. The van der Waals surface area contributed by atoms with E-state index in [1.165, 1.54) is 12.8 Å². The maximum absolute atomic E-state index is 12.2. The van der Waals surface area contributed by atoms with E-state index in [4.69, 9.17) is 0 Å². The topological polar surface area (TPSA) is 32.3 Å². The molecule has 1 amide bonds. The number of nitrogens with zero attached hydrogens (tertiary/aromatic N) is 1. The van der Waals surface area contributed by atoms with Crippen molar-refractivity contribution in [3.8, 4) is 0 Å². The van der Waals surface area contributed by atoms with E-state index in [0.29, 0.717) is 17.9 Å². The summed E-state index contributed by atoms with van der Waals surface area (Å²) in [5, 5.41) is 3.27. The van der Waals surface area contributed by atoms with Gasteiger partial charge in [0.15, 0.2) is 0 Å². The zero-order chi connectivity index (χ0) is 10.8. The Morgan fingerprint density at radius 2 is 2.06 bits per heavy atom. The summed E-state index contributed by atoms with van der Waals surface area (Å²) in [6, 6.07) is 0.437. The zero-order valence-electron chi connectivity index (χ0n) is 10.2. The van der Waals surface area contributed by atoms with Crippen molar-refractivity contribution >= 4 is 18.3 Å². The SMILES string of the molecule is CC1CCCN(C(=O)[C@H]2CCNC2)C1C.Cl. The molecule has 2 fully saturated rings. The van der Waals surface area contributed by atoms with E-state index in [1.807, 2.05) is 0 Å². The molecule has 0 aromatic heterocycles. The van der Waals surface area contributed by atoms with Crippen molar-refractivity contribution in [1.29, 1.82) is 0 Å². The summed E-state index contributed by atoms with van der Waals surface area (Å²) in [6.07, 6.45) is 3.47. The Morgan fingerprint density at radius 1 is 1.31 bits per heavy atom. The summed E-state index contributed by atoms with van der Waals surface area (Å²) < 4.78 is 0. The molecular formula is C12H23ClN2O. The fourth-order valence-electron chi connectivity index (χ4n) is 2.75. The molecule has 2 rings (SSSR count). The average molecular weight is 247 g/mol. The number of likely N-dealkylation sites (tertiary alicyclic amines) is 1. The highest BCUT2D eigenvalue weighted by molar-refractivity contribution is 5.85. The number of nitrogens with one attached hydrogen (secondary N) is 1. The van der Waals surface area contributed by atoms with Crippen LogP contribution in [0.5, 0.6) is 0 Å². The van der Waals surface area contributed by atoms with Gasteiger partial charge in [0.2, 0.25) is 5.91 Å². The van der Waals surface area contributed by atoms with Gasteiger partial charge < -0.3 is 10.2 Å². The van der Waals surface area contributed by atoms with Crippen molar-refractivity contribution < 1.29 is 4.79 Å². The normalized spacial score (nSPS) is 34.6. The Hall–Kier alpha value is -0.280. The van der Waals surface area contributed by atoms with Crippen molar-refractivity contribution in [3.63, 3.8) is 0 Å². The van der Waals surface area contributed by atoms with Gasteiger partial charge in [0.05, 0.1) is 5.92 Å². The fraction of sp³-hybridized carbons (Fsp3) is 0.917. The third kappa shape index (κ3) is 2.69. The van der Waals surface area contributed by atoms with E-state index in [-0.39, 0.29) is 18.3 Å². The molecule has 2 saturated heterocycles. The molecule has 2 aliphatic rings. The quantitative estimate of drug-likeness (QED) is 0.763. The van der Waals surface area contributed by atoms with Gasteiger partial charge in [-0.3, -0.25) is 4.79 Å². The van der Waals surface area contributed by atoms with Crippen LogP contribution in [0.1, 0.15) is 33.1 Å². The lowest BCUT2D eigenvalue weighted by Crippen LogP contribution is -2.48. The van der Waals surface area contributed by atoms with E-state index < -0.39 is 0 Å². The van der Waals surface area contributed by atoms with Gasteiger partial charge in [-0.25, -0.2) is 0 Å². The Labute approximate surface area is 104 Å². The minimum absolute atomic E-state index is 0. The molecule has 2 aliphatic heterocycles. The molecule has 3 nitrogen and oxygen atoms in total. The van der Waals surface area contributed by atoms with Crippen LogP contribution in [0.3, 0.4) is 0 Å². The van der Waals surface area contributed by atoms with Crippen molar-refractivity contribution in [3.05, 3.63) is 0 Å². The summed E-state index contributed by atoms with van der Waals surface area (Å²) in [5.74, 6) is 1.30. The molecule has 0 aromatic carbocycles. The molecular weight excluding hydrogens is 224 g/mol. The van der Waals surface area contributed by atoms with Crippen molar-refractivity contribution in [2.45, 2.75) is 39.2 Å². The van der Waals surface area contributed by atoms with Crippen molar-refractivity contribution in [2.24, 2.45) is 11.8 Å². The Bertz CT molecular complexity index is 241. The molecule has 16 heavy (non-hydrogen) atoms. The second-order valence-electron chi connectivity index (χ2n) is 5.08. The predicted octanol–water partition coefficient (Wildman–Crippen LogP) is 1.66. The second-order valence-corrected chi connectivity index (χ2v) is 5.08. The molecule has 0 aromatic rings. The standard InChI is InChI=1S/C12H22N2O.ClH/c1-9-4-3-7-14(10(9)2)12(15)11-5-6-13-8-11;/h9-11,13H,3-8H2,1-2H3;1H/t9?,10?,11-;/m0./s1. The third-order valence-electron chi connectivity index (χ3n) is 4.07. The fourth-order valence-corrected chi connectivity index (χ4v) is 2.75. The molecule has 0 radical (unpaired) electrons.